The molecule has 1 atom stereocenters. The van der Waals surface area contributed by atoms with Crippen molar-refractivity contribution in [1.29, 1.82) is 5.26 Å². The van der Waals surface area contributed by atoms with E-state index in [-0.39, 0.29) is 11.6 Å². The van der Waals surface area contributed by atoms with Crippen molar-refractivity contribution >= 4 is 11.4 Å². The van der Waals surface area contributed by atoms with Crippen molar-refractivity contribution < 1.29 is 13.2 Å². The highest BCUT2D eigenvalue weighted by Crippen LogP contribution is 2.35. The summed E-state index contributed by atoms with van der Waals surface area (Å²) in [5.74, 6) is 0. The first-order valence-electron chi connectivity index (χ1n) is 8.08. The molecule has 3 nitrogen and oxygen atoms in total. The van der Waals surface area contributed by atoms with Gasteiger partial charge in [-0.2, -0.15) is 18.4 Å². The smallest absolute Gasteiger partial charge is 0.368 e. The van der Waals surface area contributed by atoms with Gasteiger partial charge in [-0.3, -0.25) is 0 Å². The van der Waals surface area contributed by atoms with Crippen LogP contribution < -0.4 is 9.80 Å². The van der Waals surface area contributed by atoms with Crippen LogP contribution in [0.3, 0.4) is 0 Å². The second-order valence-electron chi connectivity index (χ2n) is 6.16. The van der Waals surface area contributed by atoms with E-state index in [0.717, 1.165) is 18.3 Å². The molecule has 0 aromatic heterocycles. The number of anilines is 2. The summed E-state index contributed by atoms with van der Waals surface area (Å²) in [6.07, 6.45) is -4.53. The monoisotopic (exact) mass is 345 g/mol. The van der Waals surface area contributed by atoms with Crippen molar-refractivity contribution in [3.63, 3.8) is 0 Å². The average molecular weight is 345 g/mol. The Morgan fingerprint density at radius 3 is 2.36 bits per heavy atom. The maximum Gasteiger partial charge on any atom is 0.417 e. The lowest BCUT2D eigenvalue weighted by atomic mass is 10.0. The van der Waals surface area contributed by atoms with Crippen molar-refractivity contribution in [2.24, 2.45) is 0 Å². The fourth-order valence-corrected chi connectivity index (χ4v) is 3.26. The van der Waals surface area contributed by atoms with E-state index >= 15 is 0 Å². The molecule has 0 unspecified atom stereocenters. The first kappa shape index (κ1) is 17.2. The summed E-state index contributed by atoms with van der Waals surface area (Å²) in [7, 11) is 0. The highest BCUT2D eigenvalue weighted by molar-refractivity contribution is 5.57. The molecular formula is C19H18F3N3. The number of nitriles is 1. The Morgan fingerprint density at radius 2 is 1.76 bits per heavy atom. The van der Waals surface area contributed by atoms with Crippen LogP contribution in [0.4, 0.5) is 24.5 Å². The normalized spacial score (nSPS) is 18.1. The Labute approximate surface area is 144 Å². The van der Waals surface area contributed by atoms with Gasteiger partial charge in [-0.25, -0.2) is 0 Å². The van der Waals surface area contributed by atoms with Crippen LogP contribution in [-0.2, 0) is 6.18 Å². The van der Waals surface area contributed by atoms with E-state index in [0.29, 0.717) is 18.8 Å². The zero-order chi connectivity index (χ0) is 18.0. The highest BCUT2D eigenvalue weighted by Gasteiger charge is 2.34. The Kier molecular flexibility index (Phi) is 4.58. The second-order valence-corrected chi connectivity index (χ2v) is 6.16. The molecule has 0 N–H and O–H groups in total. The summed E-state index contributed by atoms with van der Waals surface area (Å²) < 4.78 is 39.5. The third-order valence-electron chi connectivity index (χ3n) is 4.51. The van der Waals surface area contributed by atoms with Gasteiger partial charge in [-0.15, -0.1) is 0 Å². The first-order chi connectivity index (χ1) is 11.9. The lowest BCUT2D eigenvalue weighted by Crippen LogP contribution is -2.52. The minimum atomic E-state index is -4.53. The molecule has 1 aliphatic rings. The molecule has 6 heteroatoms. The molecule has 2 aromatic carbocycles. The minimum Gasteiger partial charge on any atom is -0.368 e. The third-order valence-corrected chi connectivity index (χ3v) is 4.51. The average Bonchev–Trinajstić information content (AvgIpc) is 2.61. The number of hydrogen-bond donors (Lipinski definition) is 0. The van der Waals surface area contributed by atoms with Crippen LogP contribution in [0, 0.1) is 11.3 Å². The molecule has 0 saturated carbocycles. The van der Waals surface area contributed by atoms with Crippen molar-refractivity contribution in [3.05, 3.63) is 59.7 Å². The summed E-state index contributed by atoms with van der Waals surface area (Å²) in [4.78, 5) is 4.20. The standard InChI is InChI=1S/C19H18F3N3/c1-14-13-24(9-10-25(14)16-5-3-2-4-6-16)17-8-7-15(12-23)18(11-17)19(20,21)22/h2-8,11,14H,9-10,13H2,1H3/t14-/m0/s1. The van der Waals surface area contributed by atoms with Crippen LogP contribution in [-0.4, -0.2) is 25.7 Å². The van der Waals surface area contributed by atoms with Gasteiger partial charge in [-0.05, 0) is 37.3 Å². The van der Waals surface area contributed by atoms with Crippen molar-refractivity contribution in [2.75, 3.05) is 29.4 Å². The van der Waals surface area contributed by atoms with E-state index in [2.05, 4.69) is 11.8 Å². The highest BCUT2D eigenvalue weighted by atomic mass is 19.4. The zero-order valence-electron chi connectivity index (χ0n) is 13.8. The van der Waals surface area contributed by atoms with E-state index < -0.39 is 11.7 Å². The molecular weight excluding hydrogens is 327 g/mol. The predicted octanol–water partition coefficient (Wildman–Crippen LogP) is 4.29. The van der Waals surface area contributed by atoms with Gasteiger partial charge in [-0.1, -0.05) is 18.2 Å². The molecule has 0 spiro atoms. The van der Waals surface area contributed by atoms with Gasteiger partial charge in [0.1, 0.15) is 0 Å². The van der Waals surface area contributed by atoms with E-state index in [1.54, 1.807) is 12.1 Å². The molecule has 3 rings (SSSR count). The van der Waals surface area contributed by atoms with E-state index in [9.17, 15) is 13.2 Å². The van der Waals surface area contributed by atoms with Crippen molar-refractivity contribution in [2.45, 2.75) is 19.1 Å². The van der Waals surface area contributed by atoms with Crippen LogP contribution in [0.5, 0.6) is 0 Å². The molecule has 1 saturated heterocycles. The molecule has 1 fully saturated rings. The molecule has 25 heavy (non-hydrogen) atoms. The molecule has 0 bridgehead atoms. The van der Waals surface area contributed by atoms with Gasteiger partial charge in [0.15, 0.2) is 0 Å². The molecule has 2 aromatic rings. The first-order valence-corrected chi connectivity index (χ1v) is 8.08. The number of alkyl halides is 3. The lowest BCUT2D eigenvalue weighted by Gasteiger charge is -2.42. The summed E-state index contributed by atoms with van der Waals surface area (Å²) in [5, 5.41) is 8.92. The maximum atomic E-state index is 13.2. The van der Waals surface area contributed by atoms with E-state index in [4.69, 9.17) is 5.26 Å². The minimum absolute atomic E-state index is 0.168. The van der Waals surface area contributed by atoms with Gasteiger partial charge in [0.25, 0.3) is 0 Å². The molecule has 130 valence electrons. The maximum absolute atomic E-state index is 13.2. The summed E-state index contributed by atoms with van der Waals surface area (Å²) in [5.41, 5.74) is 0.411. The van der Waals surface area contributed by atoms with Crippen LogP contribution in [0.25, 0.3) is 0 Å². The van der Waals surface area contributed by atoms with E-state index in [1.165, 1.54) is 6.07 Å². The van der Waals surface area contributed by atoms with Crippen molar-refractivity contribution in [1.82, 2.24) is 0 Å². The van der Waals surface area contributed by atoms with Crippen molar-refractivity contribution in [3.8, 4) is 6.07 Å². The second kappa shape index (κ2) is 6.67. The number of hydrogen-bond acceptors (Lipinski definition) is 3. The van der Waals surface area contributed by atoms with Gasteiger partial charge in [0.2, 0.25) is 0 Å². The molecule has 1 aliphatic heterocycles. The number of rotatable bonds is 2. The molecule has 0 radical (unpaired) electrons. The molecule has 1 heterocycles. The molecule has 0 aliphatic carbocycles. The number of nitrogens with zero attached hydrogens (tertiary/aromatic N) is 3. The lowest BCUT2D eigenvalue weighted by molar-refractivity contribution is -0.137. The Balaban J connectivity index is 1.82. The fourth-order valence-electron chi connectivity index (χ4n) is 3.26. The molecule has 0 amide bonds. The number of para-hydroxylation sites is 1. The predicted molar refractivity (Wildman–Crippen MR) is 91.6 cm³/mol. The number of benzene rings is 2. The fraction of sp³-hybridized carbons (Fsp3) is 0.316. The summed E-state index contributed by atoms with van der Waals surface area (Å²) >= 11 is 0. The van der Waals surface area contributed by atoms with Gasteiger partial charge in [0.05, 0.1) is 17.2 Å². The third kappa shape index (κ3) is 3.55. The van der Waals surface area contributed by atoms with Gasteiger partial charge < -0.3 is 9.80 Å². The van der Waals surface area contributed by atoms with Gasteiger partial charge in [0, 0.05) is 37.1 Å². The Morgan fingerprint density at radius 1 is 1.04 bits per heavy atom. The van der Waals surface area contributed by atoms with E-state index in [1.807, 2.05) is 35.2 Å². The Bertz CT molecular complexity index is 781. The van der Waals surface area contributed by atoms with Crippen LogP contribution in [0.1, 0.15) is 18.1 Å². The Hall–Kier alpha value is -2.68. The zero-order valence-corrected chi connectivity index (χ0v) is 13.8. The SMILES string of the molecule is C[C@H]1CN(c2ccc(C#N)c(C(F)(F)F)c2)CCN1c1ccccc1. The largest absolute Gasteiger partial charge is 0.417 e. The van der Waals surface area contributed by atoms with Crippen LogP contribution >= 0.6 is 0 Å². The van der Waals surface area contributed by atoms with Gasteiger partial charge >= 0.3 is 6.18 Å². The van der Waals surface area contributed by atoms with Crippen LogP contribution in [0.2, 0.25) is 0 Å². The topological polar surface area (TPSA) is 30.3 Å². The number of halogens is 3. The van der Waals surface area contributed by atoms with Crippen LogP contribution in [0.15, 0.2) is 48.5 Å². The summed E-state index contributed by atoms with van der Waals surface area (Å²) in [6, 6.07) is 15.7. The quantitative estimate of drug-likeness (QED) is 0.813. The summed E-state index contributed by atoms with van der Waals surface area (Å²) in [6.45, 7) is 4.04. The number of piperazine rings is 1.